The second kappa shape index (κ2) is 5.15. The molecule has 0 radical (unpaired) electrons. The van der Waals surface area contributed by atoms with Crippen LogP contribution in [-0.2, 0) is 14.3 Å². The molecular weight excluding hydrogens is 273 g/mol. The fourth-order valence-electron chi connectivity index (χ4n) is 1.26. The van der Waals surface area contributed by atoms with Crippen LogP contribution < -0.4 is 4.74 Å². The van der Waals surface area contributed by atoms with Crippen molar-refractivity contribution in [2.45, 2.75) is 19.4 Å². The van der Waals surface area contributed by atoms with E-state index >= 15 is 0 Å². The van der Waals surface area contributed by atoms with Gasteiger partial charge in [0.2, 0.25) is 0 Å². The summed E-state index contributed by atoms with van der Waals surface area (Å²) in [4.78, 5) is 0. The van der Waals surface area contributed by atoms with E-state index < -0.39 is 22.6 Å². The fraction of sp³-hybridized carbons (Fsp3) is 0.400. The fourth-order valence-corrected chi connectivity index (χ4v) is 1.89. The van der Waals surface area contributed by atoms with Crippen LogP contribution in [0.15, 0.2) is 24.3 Å². The van der Waals surface area contributed by atoms with E-state index in [2.05, 4.69) is 8.92 Å². The van der Waals surface area contributed by atoms with E-state index in [9.17, 15) is 21.6 Å². The summed E-state index contributed by atoms with van der Waals surface area (Å²) >= 11 is 0. The molecule has 0 N–H and O–H groups in total. The molecule has 0 fully saturated rings. The topological polar surface area (TPSA) is 52.6 Å². The SMILES string of the molecule is CC(OS(C)(=O)=O)c1ccc(OC(F)(F)F)cc1. The number of benzene rings is 1. The first-order valence-corrected chi connectivity index (χ1v) is 6.62. The lowest BCUT2D eigenvalue weighted by atomic mass is 10.1. The van der Waals surface area contributed by atoms with Gasteiger partial charge in [-0.1, -0.05) is 12.1 Å². The zero-order valence-electron chi connectivity index (χ0n) is 9.56. The van der Waals surface area contributed by atoms with Crippen LogP contribution in [-0.4, -0.2) is 21.0 Å². The standard InChI is InChI=1S/C10H11F3O4S/c1-7(17-18(2,14)15)8-3-5-9(6-4-8)16-10(11,12)13/h3-7H,1-2H3. The first-order valence-electron chi connectivity index (χ1n) is 4.81. The van der Waals surface area contributed by atoms with Crippen LogP contribution in [0.5, 0.6) is 5.75 Å². The van der Waals surface area contributed by atoms with Crippen molar-refractivity contribution in [2.75, 3.05) is 6.26 Å². The van der Waals surface area contributed by atoms with Gasteiger partial charge in [0.25, 0.3) is 10.1 Å². The largest absolute Gasteiger partial charge is 0.573 e. The minimum atomic E-state index is -4.75. The minimum Gasteiger partial charge on any atom is -0.406 e. The summed E-state index contributed by atoms with van der Waals surface area (Å²) in [5, 5.41) is 0. The van der Waals surface area contributed by atoms with Crippen molar-refractivity contribution in [3.05, 3.63) is 29.8 Å². The summed E-state index contributed by atoms with van der Waals surface area (Å²) in [7, 11) is -3.62. The van der Waals surface area contributed by atoms with Crippen molar-refractivity contribution >= 4 is 10.1 Å². The average Bonchev–Trinajstić information content (AvgIpc) is 2.13. The van der Waals surface area contributed by atoms with E-state index in [1.165, 1.54) is 19.1 Å². The molecule has 0 saturated carbocycles. The predicted molar refractivity (Wildman–Crippen MR) is 57.5 cm³/mol. The highest BCUT2D eigenvalue weighted by atomic mass is 32.2. The van der Waals surface area contributed by atoms with E-state index in [1.807, 2.05) is 0 Å². The van der Waals surface area contributed by atoms with Gasteiger partial charge in [-0.2, -0.15) is 8.42 Å². The molecule has 4 nitrogen and oxygen atoms in total. The van der Waals surface area contributed by atoms with Gasteiger partial charge in [-0.25, -0.2) is 0 Å². The zero-order chi connectivity index (χ0) is 14.0. The van der Waals surface area contributed by atoms with Crippen LogP contribution in [0.1, 0.15) is 18.6 Å². The van der Waals surface area contributed by atoms with E-state index in [0.29, 0.717) is 5.56 Å². The van der Waals surface area contributed by atoms with Gasteiger partial charge in [0.15, 0.2) is 0 Å². The van der Waals surface area contributed by atoms with E-state index in [4.69, 9.17) is 0 Å². The summed E-state index contributed by atoms with van der Waals surface area (Å²) in [5.41, 5.74) is 0.426. The number of alkyl halides is 3. The average molecular weight is 284 g/mol. The molecule has 18 heavy (non-hydrogen) atoms. The lowest BCUT2D eigenvalue weighted by molar-refractivity contribution is -0.274. The molecular formula is C10H11F3O4S. The Balaban J connectivity index is 2.77. The van der Waals surface area contributed by atoms with Crippen LogP contribution in [0.3, 0.4) is 0 Å². The van der Waals surface area contributed by atoms with Gasteiger partial charge < -0.3 is 4.74 Å². The van der Waals surface area contributed by atoms with Crippen molar-refractivity contribution in [1.29, 1.82) is 0 Å². The van der Waals surface area contributed by atoms with Crippen molar-refractivity contribution in [3.8, 4) is 5.75 Å². The van der Waals surface area contributed by atoms with Crippen molar-refractivity contribution in [1.82, 2.24) is 0 Å². The molecule has 0 aliphatic rings. The van der Waals surface area contributed by atoms with E-state index in [1.54, 1.807) is 0 Å². The highest BCUT2D eigenvalue weighted by molar-refractivity contribution is 7.86. The quantitative estimate of drug-likeness (QED) is 0.797. The van der Waals surface area contributed by atoms with Gasteiger partial charge in [-0.05, 0) is 24.6 Å². The maximum absolute atomic E-state index is 11.9. The second-order valence-electron chi connectivity index (χ2n) is 3.56. The minimum absolute atomic E-state index is 0.377. The summed E-state index contributed by atoms with van der Waals surface area (Å²) in [6.45, 7) is 1.47. The third-order valence-electron chi connectivity index (χ3n) is 1.90. The molecule has 0 amide bonds. The van der Waals surface area contributed by atoms with Gasteiger partial charge >= 0.3 is 6.36 Å². The first kappa shape index (κ1) is 14.8. The molecule has 0 saturated heterocycles. The van der Waals surface area contributed by atoms with E-state index in [0.717, 1.165) is 18.4 Å². The summed E-state index contributed by atoms with van der Waals surface area (Å²) in [5.74, 6) is -0.377. The molecule has 0 bridgehead atoms. The maximum Gasteiger partial charge on any atom is 0.573 e. The third-order valence-corrected chi connectivity index (χ3v) is 2.54. The van der Waals surface area contributed by atoms with Crippen LogP contribution in [0.4, 0.5) is 13.2 Å². The Bertz CT molecular complexity index is 493. The van der Waals surface area contributed by atoms with Gasteiger partial charge in [0.05, 0.1) is 12.4 Å². The molecule has 1 unspecified atom stereocenters. The molecule has 1 aromatic carbocycles. The molecule has 1 aromatic rings. The highest BCUT2D eigenvalue weighted by Gasteiger charge is 2.31. The van der Waals surface area contributed by atoms with Crippen LogP contribution in [0, 0.1) is 0 Å². The number of halogens is 3. The molecule has 1 rings (SSSR count). The number of hydrogen-bond donors (Lipinski definition) is 0. The van der Waals surface area contributed by atoms with Crippen LogP contribution >= 0.6 is 0 Å². The molecule has 1 atom stereocenters. The van der Waals surface area contributed by atoms with Gasteiger partial charge in [0, 0.05) is 0 Å². The molecule has 102 valence electrons. The molecule has 0 aromatic heterocycles. The van der Waals surface area contributed by atoms with Crippen LogP contribution in [0.25, 0.3) is 0 Å². The monoisotopic (exact) mass is 284 g/mol. The van der Waals surface area contributed by atoms with Crippen molar-refractivity contribution in [2.24, 2.45) is 0 Å². The zero-order valence-corrected chi connectivity index (χ0v) is 10.4. The first-order chi connectivity index (χ1) is 8.07. The Labute approximate surface area is 102 Å². The molecule has 8 heteroatoms. The summed E-state index contributed by atoms with van der Waals surface area (Å²) in [6, 6.07) is 4.78. The number of rotatable bonds is 4. The molecule has 0 heterocycles. The predicted octanol–water partition coefficient (Wildman–Crippen LogP) is 2.62. The highest BCUT2D eigenvalue weighted by Crippen LogP contribution is 2.25. The summed E-state index contributed by atoms with van der Waals surface area (Å²) < 4.78 is 65.8. The number of ether oxygens (including phenoxy) is 1. The van der Waals surface area contributed by atoms with Crippen molar-refractivity contribution in [3.63, 3.8) is 0 Å². The van der Waals surface area contributed by atoms with Crippen molar-refractivity contribution < 1.29 is 30.5 Å². The summed E-state index contributed by atoms with van der Waals surface area (Å²) in [6.07, 6.45) is -4.64. The lowest BCUT2D eigenvalue weighted by Crippen LogP contribution is -2.17. The Morgan fingerprint density at radius 1 is 1.17 bits per heavy atom. The second-order valence-corrected chi connectivity index (χ2v) is 5.16. The Kier molecular flexibility index (Phi) is 4.23. The molecule has 0 spiro atoms. The normalized spacial score (nSPS) is 14.3. The van der Waals surface area contributed by atoms with Gasteiger partial charge in [-0.3, -0.25) is 4.18 Å². The molecule has 0 aliphatic carbocycles. The van der Waals surface area contributed by atoms with Crippen LogP contribution in [0.2, 0.25) is 0 Å². The molecule has 0 aliphatic heterocycles. The Morgan fingerprint density at radius 3 is 2.06 bits per heavy atom. The van der Waals surface area contributed by atoms with Gasteiger partial charge in [0.1, 0.15) is 5.75 Å². The smallest absolute Gasteiger partial charge is 0.406 e. The van der Waals surface area contributed by atoms with Gasteiger partial charge in [-0.15, -0.1) is 13.2 Å². The maximum atomic E-state index is 11.9. The Hall–Kier alpha value is -1.28. The Morgan fingerprint density at radius 2 is 1.67 bits per heavy atom. The number of hydrogen-bond acceptors (Lipinski definition) is 4. The third kappa shape index (κ3) is 5.37. The van der Waals surface area contributed by atoms with E-state index in [-0.39, 0.29) is 5.75 Å². The lowest BCUT2D eigenvalue weighted by Gasteiger charge is -2.13.